The molecule has 20 heavy (non-hydrogen) atoms. The average Bonchev–Trinajstić information content (AvgIpc) is 2.44. The molecular weight excluding hydrogens is 342 g/mol. The van der Waals surface area contributed by atoms with Crippen LogP contribution in [-0.2, 0) is 0 Å². The number of nitrogens with zero attached hydrogens (tertiary/aromatic N) is 1. The fourth-order valence-corrected chi connectivity index (χ4v) is 2.44. The molecule has 6 heteroatoms. The van der Waals surface area contributed by atoms with Gasteiger partial charge in [0, 0.05) is 22.7 Å². The second-order valence-corrected chi connectivity index (χ2v) is 5.45. The topological polar surface area (TPSA) is 54.0 Å². The first kappa shape index (κ1) is 14.8. The monoisotopic (exact) mass is 353 g/mol. The lowest BCUT2D eigenvalue weighted by Crippen LogP contribution is -2.15. The van der Waals surface area contributed by atoms with E-state index < -0.39 is 0 Å². The summed E-state index contributed by atoms with van der Waals surface area (Å²) in [5, 5.41) is 6.31. The number of aromatic nitrogens is 1. The Labute approximate surface area is 130 Å². The molecular formula is C14H13BrClN3O. The molecule has 2 aromatic rings. The highest BCUT2D eigenvalue weighted by Gasteiger charge is 2.13. The maximum atomic E-state index is 12.3. The summed E-state index contributed by atoms with van der Waals surface area (Å²) >= 11 is 9.49. The molecule has 0 aliphatic rings. The van der Waals surface area contributed by atoms with Gasteiger partial charge in [-0.25, -0.2) is 4.98 Å². The summed E-state index contributed by atoms with van der Waals surface area (Å²) in [5.74, 6) is 0.280. The van der Waals surface area contributed by atoms with Gasteiger partial charge in [-0.05, 0) is 52.7 Å². The van der Waals surface area contributed by atoms with Crippen molar-refractivity contribution in [2.24, 2.45) is 0 Å². The van der Waals surface area contributed by atoms with Gasteiger partial charge in [-0.1, -0.05) is 11.6 Å². The quantitative estimate of drug-likeness (QED) is 0.872. The number of anilines is 2. The number of benzene rings is 1. The van der Waals surface area contributed by atoms with E-state index >= 15 is 0 Å². The first-order chi connectivity index (χ1) is 9.52. The Morgan fingerprint density at radius 2 is 2.15 bits per heavy atom. The second-order valence-electron chi connectivity index (χ2n) is 4.18. The van der Waals surface area contributed by atoms with E-state index in [1.807, 2.05) is 13.0 Å². The van der Waals surface area contributed by atoms with E-state index in [0.717, 1.165) is 10.0 Å². The van der Waals surface area contributed by atoms with Gasteiger partial charge in [0.2, 0.25) is 0 Å². The maximum Gasteiger partial charge on any atom is 0.259 e. The van der Waals surface area contributed by atoms with Crippen molar-refractivity contribution in [2.75, 3.05) is 17.7 Å². The van der Waals surface area contributed by atoms with Crippen LogP contribution in [0.5, 0.6) is 0 Å². The van der Waals surface area contributed by atoms with Gasteiger partial charge in [-0.15, -0.1) is 0 Å². The normalized spacial score (nSPS) is 10.2. The minimum atomic E-state index is -0.247. The van der Waals surface area contributed by atoms with E-state index in [9.17, 15) is 4.79 Å². The number of hydrogen-bond acceptors (Lipinski definition) is 3. The number of carbonyl (C=O) groups is 1. The smallest absolute Gasteiger partial charge is 0.259 e. The van der Waals surface area contributed by atoms with Gasteiger partial charge in [0.25, 0.3) is 5.91 Å². The largest absolute Gasteiger partial charge is 0.372 e. The van der Waals surface area contributed by atoms with Gasteiger partial charge in [0.05, 0.1) is 11.3 Å². The predicted octanol–water partition coefficient (Wildman–Crippen LogP) is 4.10. The zero-order valence-corrected chi connectivity index (χ0v) is 13.3. The van der Waals surface area contributed by atoms with E-state index in [1.54, 1.807) is 31.4 Å². The molecule has 0 unspecified atom stereocenters. The van der Waals surface area contributed by atoms with Crippen molar-refractivity contribution in [1.29, 1.82) is 0 Å². The van der Waals surface area contributed by atoms with Crippen LogP contribution in [0.4, 0.5) is 11.5 Å². The van der Waals surface area contributed by atoms with Crippen LogP contribution in [0.15, 0.2) is 34.9 Å². The summed E-state index contributed by atoms with van der Waals surface area (Å²) in [7, 11) is 1.72. The fourth-order valence-electron chi connectivity index (χ4n) is 1.72. The summed E-state index contributed by atoms with van der Waals surface area (Å²) in [6.45, 7) is 1.90. The molecule has 104 valence electrons. The summed E-state index contributed by atoms with van der Waals surface area (Å²) in [6.07, 6.45) is 1.63. The minimum Gasteiger partial charge on any atom is -0.372 e. The van der Waals surface area contributed by atoms with Crippen molar-refractivity contribution in [2.45, 2.75) is 6.92 Å². The molecule has 1 heterocycles. The highest BCUT2D eigenvalue weighted by atomic mass is 79.9. The first-order valence-electron chi connectivity index (χ1n) is 5.92. The van der Waals surface area contributed by atoms with Crippen LogP contribution in [0.3, 0.4) is 0 Å². The number of aryl methyl sites for hydroxylation is 1. The van der Waals surface area contributed by atoms with Crippen molar-refractivity contribution in [1.82, 2.24) is 4.98 Å². The molecule has 0 fully saturated rings. The van der Waals surface area contributed by atoms with Gasteiger partial charge in [-0.2, -0.15) is 0 Å². The van der Waals surface area contributed by atoms with Gasteiger partial charge in [-0.3, -0.25) is 4.79 Å². The van der Waals surface area contributed by atoms with Crippen LogP contribution in [-0.4, -0.2) is 17.9 Å². The summed E-state index contributed by atoms with van der Waals surface area (Å²) in [5.41, 5.74) is 2.03. The van der Waals surface area contributed by atoms with Crippen molar-refractivity contribution < 1.29 is 4.79 Å². The van der Waals surface area contributed by atoms with Crippen LogP contribution in [0.25, 0.3) is 0 Å². The van der Waals surface area contributed by atoms with E-state index in [0.29, 0.717) is 22.1 Å². The highest BCUT2D eigenvalue weighted by molar-refractivity contribution is 9.10. The number of carbonyl (C=O) groups excluding carboxylic acids is 1. The number of rotatable bonds is 3. The maximum absolute atomic E-state index is 12.3. The van der Waals surface area contributed by atoms with Crippen molar-refractivity contribution in [3.63, 3.8) is 0 Å². The number of hydrogen-bond donors (Lipinski definition) is 2. The standard InChI is InChI=1S/C14H13BrClN3O/c1-8-6-10(15)12(7-11(8)16)19-14(20)9-4-3-5-18-13(9)17-2/h3-7H,1-2H3,(H,17,18)(H,19,20). The SMILES string of the molecule is CNc1ncccc1C(=O)Nc1cc(Cl)c(C)cc1Br. The highest BCUT2D eigenvalue weighted by Crippen LogP contribution is 2.29. The van der Waals surface area contributed by atoms with Gasteiger partial charge < -0.3 is 10.6 Å². The van der Waals surface area contributed by atoms with Crippen molar-refractivity contribution in [3.05, 3.63) is 51.1 Å². The average molecular weight is 355 g/mol. The molecule has 0 saturated heterocycles. The van der Waals surface area contributed by atoms with Crippen LogP contribution >= 0.6 is 27.5 Å². The number of halogens is 2. The predicted molar refractivity (Wildman–Crippen MR) is 85.6 cm³/mol. The number of amides is 1. The Balaban J connectivity index is 2.30. The Hall–Kier alpha value is -1.59. The zero-order chi connectivity index (χ0) is 14.7. The molecule has 0 bridgehead atoms. The molecule has 0 aliphatic heterocycles. The van der Waals surface area contributed by atoms with Crippen LogP contribution in [0, 0.1) is 6.92 Å². The summed E-state index contributed by atoms with van der Waals surface area (Å²) in [4.78, 5) is 16.4. The molecule has 0 radical (unpaired) electrons. The molecule has 0 saturated carbocycles. The third-order valence-corrected chi connectivity index (χ3v) is 3.85. The van der Waals surface area contributed by atoms with E-state index in [2.05, 4.69) is 31.5 Å². The fraction of sp³-hybridized carbons (Fsp3) is 0.143. The Morgan fingerprint density at radius 1 is 1.40 bits per heavy atom. The van der Waals surface area contributed by atoms with E-state index in [1.165, 1.54) is 0 Å². The molecule has 2 N–H and O–H groups in total. The van der Waals surface area contributed by atoms with E-state index in [4.69, 9.17) is 11.6 Å². The lowest BCUT2D eigenvalue weighted by Gasteiger charge is -2.11. The van der Waals surface area contributed by atoms with Crippen molar-refractivity contribution >= 4 is 44.9 Å². The molecule has 1 aromatic heterocycles. The molecule has 0 spiro atoms. The number of pyridine rings is 1. The van der Waals surface area contributed by atoms with Crippen LogP contribution in [0.1, 0.15) is 15.9 Å². The lowest BCUT2D eigenvalue weighted by atomic mass is 10.2. The summed E-state index contributed by atoms with van der Waals surface area (Å²) < 4.78 is 0.780. The second kappa shape index (κ2) is 6.24. The minimum absolute atomic E-state index is 0.247. The molecule has 1 amide bonds. The van der Waals surface area contributed by atoms with Crippen LogP contribution in [0.2, 0.25) is 5.02 Å². The van der Waals surface area contributed by atoms with Gasteiger partial charge in [0.15, 0.2) is 0 Å². The van der Waals surface area contributed by atoms with Gasteiger partial charge in [0.1, 0.15) is 5.82 Å². The molecule has 1 aromatic carbocycles. The molecule has 0 atom stereocenters. The summed E-state index contributed by atoms with van der Waals surface area (Å²) in [6, 6.07) is 7.00. The molecule has 4 nitrogen and oxygen atoms in total. The van der Waals surface area contributed by atoms with E-state index in [-0.39, 0.29) is 5.91 Å². The van der Waals surface area contributed by atoms with Crippen molar-refractivity contribution in [3.8, 4) is 0 Å². The zero-order valence-electron chi connectivity index (χ0n) is 11.0. The Morgan fingerprint density at radius 3 is 2.85 bits per heavy atom. The van der Waals surface area contributed by atoms with Gasteiger partial charge >= 0.3 is 0 Å². The molecule has 0 aliphatic carbocycles. The lowest BCUT2D eigenvalue weighted by molar-refractivity contribution is 0.102. The first-order valence-corrected chi connectivity index (χ1v) is 7.09. The third kappa shape index (κ3) is 3.11. The Kier molecular flexibility index (Phi) is 4.62. The number of nitrogens with one attached hydrogen (secondary N) is 2. The Bertz CT molecular complexity index is 661. The molecule has 2 rings (SSSR count). The third-order valence-electron chi connectivity index (χ3n) is 2.79. The van der Waals surface area contributed by atoms with Crippen LogP contribution < -0.4 is 10.6 Å².